The Labute approximate surface area is 169 Å². The van der Waals surface area contributed by atoms with E-state index < -0.39 is 0 Å². The van der Waals surface area contributed by atoms with Crippen LogP contribution in [0.4, 0.5) is 4.39 Å². The SMILES string of the molecule is CSc1nn(CN2CCCC(c3nc(-c4cccc(F)c4)no3)C2)c(=S)s1. The van der Waals surface area contributed by atoms with Crippen molar-refractivity contribution in [1.82, 2.24) is 24.8 Å². The molecule has 0 saturated carbocycles. The fraction of sp³-hybridized carbons (Fsp3) is 0.412. The number of hydrogen-bond acceptors (Lipinski definition) is 8. The van der Waals surface area contributed by atoms with Crippen molar-refractivity contribution in [2.75, 3.05) is 19.3 Å². The summed E-state index contributed by atoms with van der Waals surface area (Å²) in [4.78, 5) is 6.81. The topological polar surface area (TPSA) is 60.0 Å². The molecule has 1 aliphatic rings. The van der Waals surface area contributed by atoms with E-state index in [4.69, 9.17) is 16.7 Å². The Morgan fingerprint density at radius 1 is 1.44 bits per heavy atom. The van der Waals surface area contributed by atoms with E-state index in [1.165, 1.54) is 23.5 Å². The third-order valence-electron chi connectivity index (χ3n) is 4.48. The fourth-order valence-corrected chi connectivity index (χ4v) is 4.92. The summed E-state index contributed by atoms with van der Waals surface area (Å²) in [7, 11) is 0. The normalized spacial score (nSPS) is 18.1. The van der Waals surface area contributed by atoms with Gasteiger partial charge in [-0.25, -0.2) is 9.07 Å². The third-order valence-corrected chi connectivity index (χ3v) is 6.76. The molecule has 0 bridgehead atoms. The number of halogens is 1. The second-order valence-corrected chi connectivity index (χ2v) is 9.04. The molecular weight excluding hydrogens is 405 g/mol. The molecule has 2 aromatic heterocycles. The summed E-state index contributed by atoms with van der Waals surface area (Å²) in [6, 6.07) is 6.23. The molecule has 0 spiro atoms. The van der Waals surface area contributed by atoms with E-state index in [2.05, 4.69) is 20.1 Å². The van der Waals surface area contributed by atoms with Crippen molar-refractivity contribution in [3.05, 3.63) is 39.9 Å². The van der Waals surface area contributed by atoms with Crippen LogP contribution in [0.5, 0.6) is 0 Å². The van der Waals surface area contributed by atoms with Crippen LogP contribution in [0.2, 0.25) is 0 Å². The van der Waals surface area contributed by atoms with Crippen LogP contribution in [-0.4, -0.2) is 44.2 Å². The monoisotopic (exact) mass is 423 g/mol. The minimum absolute atomic E-state index is 0.154. The van der Waals surface area contributed by atoms with Gasteiger partial charge in [-0.2, -0.15) is 10.1 Å². The third kappa shape index (κ3) is 4.29. The first-order valence-corrected chi connectivity index (χ1v) is 11.0. The van der Waals surface area contributed by atoms with E-state index in [0.717, 1.165) is 34.2 Å². The van der Waals surface area contributed by atoms with Crippen LogP contribution in [-0.2, 0) is 6.67 Å². The van der Waals surface area contributed by atoms with E-state index in [-0.39, 0.29) is 11.7 Å². The quantitative estimate of drug-likeness (QED) is 0.445. The van der Waals surface area contributed by atoms with Gasteiger partial charge in [0.25, 0.3) is 0 Å². The van der Waals surface area contributed by atoms with Gasteiger partial charge in [-0.15, -0.1) is 0 Å². The minimum Gasteiger partial charge on any atom is -0.339 e. The van der Waals surface area contributed by atoms with Crippen LogP contribution in [0.1, 0.15) is 24.7 Å². The summed E-state index contributed by atoms with van der Waals surface area (Å²) in [6.45, 7) is 2.45. The number of thioether (sulfide) groups is 1. The van der Waals surface area contributed by atoms with Gasteiger partial charge >= 0.3 is 0 Å². The molecule has 1 aromatic carbocycles. The molecule has 1 aliphatic heterocycles. The van der Waals surface area contributed by atoms with Crippen molar-refractivity contribution in [3.63, 3.8) is 0 Å². The molecule has 27 heavy (non-hydrogen) atoms. The average Bonchev–Trinajstić information content (AvgIpc) is 3.29. The zero-order valence-electron chi connectivity index (χ0n) is 14.7. The lowest BCUT2D eigenvalue weighted by molar-refractivity contribution is 0.143. The van der Waals surface area contributed by atoms with Crippen LogP contribution < -0.4 is 0 Å². The number of hydrogen-bond donors (Lipinski definition) is 0. The second-order valence-electron chi connectivity index (χ2n) is 6.36. The van der Waals surface area contributed by atoms with E-state index in [9.17, 15) is 4.39 Å². The first kappa shape index (κ1) is 18.7. The Morgan fingerprint density at radius 3 is 3.11 bits per heavy atom. The largest absolute Gasteiger partial charge is 0.339 e. The van der Waals surface area contributed by atoms with Gasteiger partial charge in [0.1, 0.15) is 5.82 Å². The molecule has 0 N–H and O–H groups in total. The highest BCUT2D eigenvalue weighted by Gasteiger charge is 2.26. The smallest absolute Gasteiger partial charge is 0.231 e. The Balaban J connectivity index is 1.47. The summed E-state index contributed by atoms with van der Waals surface area (Å²) >= 11 is 8.55. The van der Waals surface area contributed by atoms with Crippen molar-refractivity contribution >= 4 is 35.3 Å². The van der Waals surface area contributed by atoms with Crippen molar-refractivity contribution in [2.45, 2.75) is 29.8 Å². The molecule has 1 fully saturated rings. The van der Waals surface area contributed by atoms with Crippen LogP contribution in [0.3, 0.4) is 0 Å². The maximum Gasteiger partial charge on any atom is 0.231 e. The highest BCUT2D eigenvalue weighted by atomic mass is 32.2. The fourth-order valence-electron chi connectivity index (χ4n) is 3.18. The average molecular weight is 424 g/mol. The van der Waals surface area contributed by atoms with Gasteiger partial charge in [-0.1, -0.05) is 40.4 Å². The predicted octanol–water partition coefficient (Wildman–Crippen LogP) is 4.42. The Hall–Kier alpha value is -1.62. The van der Waals surface area contributed by atoms with Crippen LogP contribution in [0.25, 0.3) is 11.4 Å². The first-order valence-electron chi connectivity index (χ1n) is 8.56. The van der Waals surface area contributed by atoms with E-state index in [0.29, 0.717) is 23.9 Å². The van der Waals surface area contributed by atoms with E-state index >= 15 is 0 Å². The van der Waals surface area contributed by atoms with Gasteiger partial charge < -0.3 is 4.52 Å². The van der Waals surface area contributed by atoms with Gasteiger partial charge in [0.15, 0.2) is 8.29 Å². The van der Waals surface area contributed by atoms with E-state index in [1.54, 1.807) is 23.9 Å². The molecule has 3 aromatic rings. The second kappa shape index (κ2) is 8.17. The van der Waals surface area contributed by atoms with Gasteiger partial charge in [0.05, 0.1) is 12.6 Å². The highest BCUT2D eigenvalue weighted by molar-refractivity contribution is 8.00. The molecule has 1 unspecified atom stereocenters. The predicted molar refractivity (Wildman–Crippen MR) is 106 cm³/mol. The molecule has 1 saturated heterocycles. The van der Waals surface area contributed by atoms with Crippen molar-refractivity contribution < 1.29 is 8.91 Å². The molecule has 0 radical (unpaired) electrons. The molecule has 0 aliphatic carbocycles. The molecule has 4 rings (SSSR count). The van der Waals surface area contributed by atoms with Gasteiger partial charge in [0, 0.05) is 12.1 Å². The first-order chi connectivity index (χ1) is 13.1. The summed E-state index contributed by atoms with van der Waals surface area (Å²) in [6.07, 6.45) is 4.02. The Bertz CT molecular complexity index is 985. The van der Waals surface area contributed by atoms with Crippen molar-refractivity contribution in [1.29, 1.82) is 0 Å². The molecule has 3 heterocycles. The van der Waals surface area contributed by atoms with Crippen molar-refractivity contribution in [3.8, 4) is 11.4 Å². The Kier molecular flexibility index (Phi) is 5.67. The number of rotatable bonds is 5. The molecule has 142 valence electrons. The highest BCUT2D eigenvalue weighted by Crippen LogP contribution is 2.28. The maximum atomic E-state index is 13.4. The van der Waals surface area contributed by atoms with Crippen LogP contribution >= 0.6 is 35.3 Å². The molecule has 6 nitrogen and oxygen atoms in total. The number of benzene rings is 1. The molecule has 0 amide bonds. The zero-order valence-corrected chi connectivity index (χ0v) is 17.1. The standard InChI is InChI=1S/C17H18FN5OS3/c1-26-16-20-23(17(25)27-16)10-22-7-3-5-12(9-22)15-19-14(21-24-15)11-4-2-6-13(18)8-11/h2,4,6,8,12H,3,5,7,9-10H2,1H3. The summed E-state index contributed by atoms with van der Waals surface area (Å²) in [5.41, 5.74) is 0.621. The lowest BCUT2D eigenvalue weighted by Crippen LogP contribution is -2.36. The van der Waals surface area contributed by atoms with E-state index in [1.807, 2.05) is 10.9 Å². The van der Waals surface area contributed by atoms with Gasteiger partial charge in [0.2, 0.25) is 11.7 Å². The number of piperidine rings is 1. The number of nitrogens with zero attached hydrogens (tertiary/aromatic N) is 5. The van der Waals surface area contributed by atoms with Gasteiger partial charge in [-0.3, -0.25) is 4.90 Å². The zero-order chi connectivity index (χ0) is 18.8. The molecule has 10 heteroatoms. The van der Waals surface area contributed by atoms with Crippen LogP contribution in [0, 0.1) is 9.77 Å². The van der Waals surface area contributed by atoms with Crippen LogP contribution in [0.15, 0.2) is 33.1 Å². The lowest BCUT2D eigenvalue weighted by atomic mass is 9.98. The summed E-state index contributed by atoms with van der Waals surface area (Å²) in [5.74, 6) is 0.868. The number of likely N-dealkylation sites (tertiary alicyclic amines) is 1. The minimum atomic E-state index is -0.313. The molecular formula is C17H18FN5OS3. The summed E-state index contributed by atoms with van der Waals surface area (Å²) < 4.78 is 22.5. The summed E-state index contributed by atoms with van der Waals surface area (Å²) in [5, 5.41) is 8.57. The Morgan fingerprint density at radius 2 is 2.33 bits per heavy atom. The lowest BCUT2D eigenvalue weighted by Gasteiger charge is -2.30. The number of aromatic nitrogens is 4. The molecule has 1 atom stereocenters. The van der Waals surface area contributed by atoms with Crippen molar-refractivity contribution in [2.24, 2.45) is 0 Å². The van der Waals surface area contributed by atoms with Gasteiger partial charge in [-0.05, 0) is 50.0 Å². The maximum absolute atomic E-state index is 13.4.